The predicted molar refractivity (Wildman–Crippen MR) is 86.2 cm³/mol. The molecule has 0 aliphatic heterocycles. The van der Waals surface area contributed by atoms with Gasteiger partial charge in [-0.1, -0.05) is 12.8 Å². The van der Waals surface area contributed by atoms with Gasteiger partial charge in [0.05, 0.1) is 10.5 Å². The molecule has 1 amide bonds. The molecule has 0 heterocycles. The fourth-order valence-corrected chi connectivity index (χ4v) is 2.96. The summed E-state index contributed by atoms with van der Waals surface area (Å²) in [5.74, 6) is 0.347. The highest BCUT2D eigenvalue weighted by Crippen LogP contribution is 2.34. The standard InChI is InChI=1S/C16H20F3N3O3/c17-16(18,19)12-5-6-13(14(10-12)22(24)25)20-7-8-21-15(23)9-11-3-1-2-4-11/h5-6,10-11,20H,1-4,7-9H2,(H,21,23). The maximum absolute atomic E-state index is 12.6. The summed E-state index contributed by atoms with van der Waals surface area (Å²) in [6.45, 7) is 0.423. The number of anilines is 1. The third-order valence-corrected chi connectivity index (χ3v) is 4.23. The van der Waals surface area contributed by atoms with Gasteiger partial charge in [0, 0.05) is 25.6 Å². The zero-order valence-corrected chi connectivity index (χ0v) is 13.6. The predicted octanol–water partition coefficient (Wildman–Crippen LogP) is 3.72. The summed E-state index contributed by atoms with van der Waals surface area (Å²) in [6.07, 6.45) is 0.249. The third-order valence-electron chi connectivity index (χ3n) is 4.23. The first-order valence-corrected chi connectivity index (χ1v) is 8.13. The van der Waals surface area contributed by atoms with Crippen molar-refractivity contribution in [3.05, 3.63) is 33.9 Å². The summed E-state index contributed by atoms with van der Waals surface area (Å²) in [6, 6.07) is 2.32. The Kier molecular flexibility index (Phi) is 6.22. The van der Waals surface area contributed by atoms with Crippen LogP contribution in [0.15, 0.2) is 18.2 Å². The first-order chi connectivity index (χ1) is 11.8. The van der Waals surface area contributed by atoms with Crippen molar-refractivity contribution < 1.29 is 22.9 Å². The molecule has 1 aliphatic rings. The molecular weight excluding hydrogens is 339 g/mol. The van der Waals surface area contributed by atoms with Crippen molar-refractivity contribution in [2.45, 2.75) is 38.3 Å². The molecule has 0 atom stereocenters. The van der Waals surface area contributed by atoms with Crippen LogP contribution < -0.4 is 10.6 Å². The van der Waals surface area contributed by atoms with Crippen molar-refractivity contribution in [3.8, 4) is 0 Å². The number of alkyl halides is 3. The van der Waals surface area contributed by atoms with E-state index in [0.29, 0.717) is 18.4 Å². The van der Waals surface area contributed by atoms with Gasteiger partial charge in [-0.15, -0.1) is 0 Å². The zero-order valence-electron chi connectivity index (χ0n) is 13.6. The smallest absolute Gasteiger partial charge is 0.378 e. The first-order valence-electron chi connectivity index (χ1n) is 8.13. The van der Waals surface area contributed by atoms with Crippen molar-refractivity contribution in [1.82, 2.24) is 5.32 Å². The highest BCUT2D eigenvalue weighted by molar-refractivity contribution is 5.76. The highest BCUT2D eigenvalue weighted by Gasteiger charge is 2.33. The Morgan fingerprint density at radius 1 is 1.24 bits per heavy atom. The summed E-state index contributed by atoms with van der Waals surface area (Å²) in [4.78, 5) is 21.9. The lowest BCUT2D eigenvalue weighted by atomic mass is 10.0. The Balaban J connectivity index is 1.85. The second kappa shape index (κ2) is 8.17. The quantitative estimate of drug-likeness (QED) is 0.441. The topological polar surface area (TPSA) is 84.3 Å². The number of carbonyl (C=O) groups excluding carboxylic acids is 1. The van der Waals surface area contributed by atoms with E-state index in [1.807, 2.05) is 0 Å². The molecule has 1 fully saturated rings. The minimum atomic E-state index is -4.64. The van der Waals surface area contributed by atoms with Crippen molar-refractivity contribution in [2.24, 2.45) is 5.92 Å². The van der Waals surface area contributed by atoms with Gasteiger partial charge in [0.25, 0.3) is 5.69 Å². The molecule has 1 aromatic carbocycles. The molecule has 9 heteroatoms. The molecule has 2 N–H and O–H groups in total. The number of carbonyl (C=O) groups is 1. The average Bonchev–Trinajstić information content (AvgIpc) is 3.03. The summed E-state index contributed by atoms with van der Waals surface area (Å²) in [5.41, 5.74) is -1.73. The molecule has 0 saturated heterocycles. The van der Waals surface area contributed by atoms with E-state index < -0.39 is 22.4 Å². The fourth-order valence-electron chi connectivity index (χ4n) is 2.96. The molecule has 0 radical (unpaired) electrons. The van der Waals surface area contributed by atoms with Crippen LogP contribution in [-0.2, 0) is 11.0 Å². The number of nitro groups is 1. The van der Waals surface area contributed by atoms with Crippen LogP contribution in [0.4, 0.5) is 24.5 Å². The van der Waals surface area contributed by atoms with Crippen molar-refractivity contribution in [3.63, 3.8) is 0 Å². The van der Waals surface area contributed by atoms with E-state index in [2.05, 4.69) is 10.6 Å². The molecular formula is C16H20F3N3O3. The van der Waals surface area contributed by atoms with E-state index in [-0.39, 0.29) is 24.7 Å². The maximum Gasteiger partial charge on any atom is 0.416 e. The Hall–Kier alpha value is -2.32. The first kappa shape index (κ1) is 19.0. The lowest BCUT2D eigenvalue weighted by Gasteiger charge is -2.12. The number of nitrogens with zero attached hydrogens (tertiary/aromatic N) is 1. The van der Waals surface area contributed by atoms with E-state index in [0.717, 1.165) is 37.8 Å². The molecule has 6 nitrogen and oxygen atoms in total. The van der Waals surface area contributed by atoms with Crippen LogP contribution in [0.5, 0.6) is 0 Å². The van der Waals surface area contributed by atoms with E-state index in [4.69, 9.17) is 0 Å². The zero-order chi connectivity index (χ0) is 18.4. The third kappa shape index (κ3) is 5.61. The average molecular weight is 359 g/mol. The molecule has 0 unspecified atom stereocenters. The second-order valence-electron chi connectivity index (χ2n) is 6.12. The monoisotopic (exact) mass is 359 g/mol. The van der Waals surface area contributed by atoms with Gasteiger partial charge in [-0.05, 0) is 30.9 Å². The lowest BCUT2D eigenvalue weighted by Crippen LogP contribution is -2.29. The minimum absolute atomic E-state index is 0.0111. The summed E-state index contributed by atoms with van der Waals surface area (Å²) >= 11 is 0. The van der Waals surface area contributed by atoms with Gasteiger partial charge in [-0.25, -0.2) is 0 Å². The SMILES string of the molecule is O=C(CC1CCCC1)NCCNc1ccc(C(F)(F)F)cc1[N+](=O)[O-]. The molecule has 0 spiro atoms. The van der Waals surface area contributed by atoms with E-state index in [1.54, 1.807) is 0 Å². The Morgan fingerprint density at radius 2 is 1.92 bits per heavy atom. The number of amides is 1. The van der Waals surface area contributed by atoms with Crippen LogP contribution in [0.3, 0.4) is 0 Å². The summed E-state index contributed by atoms with van der Waals surface area (Å²) < 4.78 is 37.9. The number of hydrogen-bond donors (Lipinski definition) is 2. The second-order valence-corrected chi connectivity index (χ2v) is 6.12. The molecule has 138 valence electrons. The molecule has 2 rings (SSSR count). The number of benzene rings is 1. The number of halogens is 3. The van der Waals surface area contributed by atoms with Gasteiger partial charge in [-0.3, -0.25) is 14.9 Å². The number of rotatable bonds is 7. The number of nitro benzene ring substituents is 1. The fraction of sp³-hybridized carbons (Fsp3) is 0.562. The Labute approximate surface area is 142 Å². The largest absolute Gasteiger partial charge is 0.416 e. The van der Waals surface area contributed by atoms with Gasteiger partial charge in [0.1, 0.15) is 5.69 Å². The highest BCUT2D eigenvalue weighted by atomic mass is 19.4. The molecule has 1 saturated carbocycles. The van der Waals surface area contributed by atoms with Crippen LogP contribution in [0.25, 0.3) is 0 Å². The van der Waals surface area contributed by atoms with Gasteiger partial charge in [0.15, 0.2) is 0 Å². The maximum atomic E-state index is 12.6. The van der Waals surface area contributed by atoms with E-state index >= 15 is 0 Å². The molecule has 1 aliphatic carbocycles. The van der Waals surface area contributed by atoms with Gasteiger partial charge in [0.2, 0.25) is 5.91 Å². The van der Waals surface area contributed by atoms with E-state index in [9.17, 15) is 28.1 Å². The molecule has 25 heavy (non-hydrogen) atoms. The molecule has 1 aromatic rings. The van der Waals surface area contributed by atoms with Crippen LogP contribution in [-0.4, -0.2) is 23.9 Å². The van der Waals surface area contributed by atoms with Gasteiger partial charge >= 0.3 is 6.18 Å². The number of nitrogens with one attached hydrogen (secondary N) is 2. The molecule has 0 bridgehead atoms. The van der Waals surface area contributed by atoms with E-state index in [1.165, 1.54) is 0 Å². The van der Waals surface area contributed by atoms with Crippen LogP contribution in [0, 0.1) is 16.0 Å². The van der Waals surface area contributed by atoms with Crippen LogP contribution in [0.2, 0.25) is 0 Å². The van der Waals surface area contributed by atoms with Crippen molar-refractivity contribution >= 4 is 17.3 Å². The van der Waals surface area contributed by atoms with Gasteiger partial charge < -0.3 is 10.6 Å². The van der Waals surface area contributed by atoms with Crippen LogP contribution >= 0.6 is 0 Å². The Morgan fingerprint density at radius 3 is 2.52 bits per heavy atom. The normalized spacial score (nSPS) is 15.2. The number of hydrogen-bond acceptors (Lipinski definition) is 4. The van der Waals surface area contributed by atoms with Crippen molar-refractivity contribution in [1.29, 1.82) is 0 Å². The molecule has 0 aromatic heterocycles. The Bertz CT molecular complexity index is 629. The van der Waals surface area contributed by atoms with Gasteiger partial charge in [-0.2, -0.15) is 13.2 Å². The van der Waals surface area contributed by atoms with Crippen LogP contribution in [0.1, 0.15) is 37.7 Å². The summed E-state index contributed by atoms with van der Waals surface area (Å²) in [7, 11) is 0. The minimum Gasteiger partial charge on any atom is -0.378 e. The van der Waals surface area contributed by atoms with Crippen molar-refractivity contribution in [2.75, 3.05) is 18.4 Å². The lowest BCUT2D eigenvalue weighted by molar-refractivity contribution is -0.384. The summed E-state index contributed by atoms with van der Waals surface area (Å²) in [5, 5.41) is 16.4.